The lowest BCUT2D eigenvalue weighted by atomic mass is 10.0. The average Bonchev–Trinajstić information content (AvgIpc) is 3.37. The zero-order chi connectivity index (χ0) is 29.0. The van der Waals surface area contributed by atoms with Gasteiger partial charge in [-0.05, 0) is 25.2 Å². The first-order valence-electron chi connectivity index (χ1n) is 12.1. The van der Waals surface area contributed by atoms with Gasteiger partial charge < -0.3 is 52.3 Å². The third kappa shape index (κ3) is 9.85. The number of carbonyl (C=O) groups is 6. The van der Waals surface area contributed by atoms with Crippen LogP contribution in [0.5, 0.6) is 0 Å². The monoisotopic (exact) mass is 546 g/mol. The topological polar surface area (TPSA) is 261 Å². The van der Waals surface area contributed by atoms with E-state index in [-0.39, 0.29) is 25.3 Å². The fraction of sp³-hybridized carbons (Fsp3) is 0.727. The molecular weight excluding hydrogens is 508 g/mol. The number of nitrogens with one attached hydrogen (secondary N) is 4. The molecule has 1 aliphatic heterocycles. The molecule has 1 fully saturated rings. The Morgan fingerprint density at radius 3 is 1.97 bits per heavy atom. The average molecular weight is 547 g/mol. The van der Waals surface area contributed by atoms with Crippen molar-refractivity contribution in [2.45, 2.75) is 63.3 Å². The summed E-state index contributed by atoms with van der Waals surface area (Å²) in [4.78, 5) is 74.6. The lowest BCUT2D eigenvalue weighted by molar-refractivity contribution is -0.143. The summed E-state index contributed by atoms with van der Waals surface area (Å²) in [5.74, 6) is -5.38. The predicted octanol–water partition coefficient (Wildman–Crippen LogP) is -5.02. The molecule has 216 valence electrons. The Kier molecular flexibility index (Phi) is 13.6. The van der Waals surface area contributed by atoms with Gasteiger partial charge in [0, 0.05) is 6.54 Å². The van der Waals surface area contributed by atoms with Gasteiger partial charge in [-0.2, -0.15) is 0 Å². The molecule has 0 saturated carbocycles. The van der Waals surface area contributed by atoms with Gasteiger partial charge in [-0.1, -0.05) is 13.8 Å². The number of rotatable bonds is 15. The van der Waals surface area contributed by atoms with Crippen LogP contribution >= 0.6 is 0 Å². The van der Waals surface area contributed by atoms with Crippen LogP contribution in [0.3, 0.4) is 0 Å². The number of likely N-dealkylation sites (tertiary alicyclic amines) is 1. The molecule has 16 heteroatoms. The van der Waals surface area contributed by atoms with Crippen molar-refractivity contribution in [1.29, 1.82) is 0 Å². The Hall–Kier alpha value is -3.34. The Bertz CT molecular complexity index is 870. The zero-order valence-electron chi connectivity index (χ0n) is 21.4. The molecule has 0 bridgehead atoms. The summed E-state index contributed by atoms with van der Waals surface area (Å²) in [7, 11) is 0. The fourth-order valence-electron chi connectivity index (χ4n) is 3.71. The molecule has 0 aromatic heterocycles. The van der Waals surface area contributed by atoms with E-state index in [9.17, 15) is 44.1 Å². The van der Waals surface area contributed by atoms with Crippen molar-refractivity contribution >= 4 is 35.5 Å². The molecule has 0 aromatic carbocycles. The molecule has 10 N–H and O–H groups in total. The van der Waals surface area contributed by atoms with Gasteiger partial charge in [0.1, 0.15) is 30.2 Å². The van der Waals surface area contributed by atoms with Gasteiger partial charge in [-0.25, -0.2) is 4.79 Å². The highest BCUT2D eigenvalue weighted by Crippen LogP contribution is 2.17. The quantitative estimate of drug-likeness (QED) is 0.0938. The second-order valence-electron chi connectivity index (χ2n) is 9.27. The number of aliphatic carboxylic acids is 1. The van der Waals surface area contributed by atoms with Gasteiger partial charge in [-0.15, -0.1) is 0 Å². The minimum absolute atomic E-state index is 0.0424. The number of amides is 5. The first kappa shape index (κ1) is 32.7. The number of nitrogens with two attached hydrogens (primary N) is 1. The van der Waals surface area contributed by atoms with Crippen LogP contribution in [0.2, 0.25) is 0 Å². The van der Waals surface area contributed by atoms with Gasteiger partial charge in [0.05, 0.1) is 26.4 Å². The molecule has 1 rings (SSSR count). The van der Waals surface area contributed by atoms with Gasteiger partial charge in [0.15, 0.2) is 0 Å². The summed E-state index contributed by atoms with van der Waals surface area (Å²) in [5.41, 5.74) is 5.35. The standard InChI is InChI=1S/C22H38N6O10/c1-11(2)6-13(22(37)38)25-20(35)15(10-31)27-21(36)16-4-3-5-28(16)17(32)7-24-19(34)14(9-30)26-18(33)12(23)8-29/h11-16,29-31H,3-10,23H2,1-2H3,(H,24,34)(H,25,35)(H,26,33)(H,27,36)(H,37,38)/t12-,13-,14-,15-,16-/m0/s1. The molecular formula is C22H38N6O10. The van der Waals surface area contributed by atoms with Gasteiger partial charge in [0.25, 0.3) is 0 Å². The Labute approximate surface area is 219 Å². The summed E-state index contributed by atoms with van der Waals surface area (Å²) in [6.07, 6.45) is 0.821. The number of carbonyl (C=O) groups excluding carboxylic acids is 5. The molecule has 5 amide bonds. The second kappa shape index (κ2) is 15.8. The highest BCUT2D eigenvalue weighted by molar-refractivity contribution is 5.95. The summed E-state index contributed by atoms with van der Waals surface area (Å²) in [6, 6.07) is -6.42. The van der Waals surface area contributed by atoms with Gasteiger partial charge >= 0.3 is 5.97 Å². The summed E-state index contributed by atoms with van der Waals surface area (Å²) in [5, 5.41) is 46.2. The SMILES string of the molecule is CC(C)C[C@H](NC(=O)[C@H](CO)NC(=O)[C@@H]1CCCN1C(=O)CNC(=O)[C@H](CO)NC(=O)[C@@H](N)CO)C(=O)O. The van der Waals surface area contributed by atoms with Crippen LogP contribution in [0, 0.1) is 5.92 Å². The number of aliphatic hydroxyl groups excluding tert-OH is 3. The molecule has 1 aliphatic rings. The number of aliphatic hydroxyl groups is 3. The van der Waals surface area contributed by atoms with Gasteiger partial charge in [-0.3, -0.25) is 24.0 Å². The molecule has 0 aromatic rings. The van der Waals surface area contributed by atoms with Gasteiger partial charge in [0.2, 0.25) is 29.5 Å². The fourth-order valence-corrected chi connectivity index (χ4v) is 3.71. The molecule has 0 spiro atoms. The van der Waals surface area contributed by atoms with Crippen LogP contribution in [-0.2, 0) is 28.8 Å². The second-order valence-corrected chi connectivity index (χ2v) is 9.27. The highest BCUT2D eigenvalue weighted by atomic mass is 16.4. The van der Waals surface area contributed by atoms with E-state index >= 15 is 0 Å². The number of carboxylic acid groups (broad SMARTS) is 1. The molecule has 0 radical (unpaired) electrons. The highest BCUT2D eigenvalue weighted by Gasteiger charge is 2.36. The van der Waals surface area contributed by atoms with Crippen molar-refractivity contribution in [3.05, 3.63) is 0 Å². The lowest BCUT2D eigenvalue weighted by Gasteiger charge is -2.27. The van der Waals surface area contributed by atoms with Crippen LogP contribution < -0.4 is 27.0 Å². The van der Waals surface area contributed by atoms with Crippen molar-refractivity contribution in [2.24, 2.45) is 11.7 Å². The van der Waals surface area contributed by atoms with Crippen molar-refractivity contribution in [3.8, 4) is 0 Å². The lowest BCUT2D eigenvalue weighted by Crippen LogP contribution is -2.57. The van der Waals surface area contributed by atoms with E-state index in [1.54, 1.807) is 13.8 Å². The summed E-state index contributed by atoms with van der Waals surface area (Å²) >= 11 is 0. The van der Waals surface area contributed by atoms with Crippen LogP contribution in [-0.4, -0.2) is 124 Å². The first-order chi connectivity index (χ1) is 17.9. The molecule has 16 nitrogen and oxygen atoms in total. The van der Waals surface area contributed by atoms with E-state index in [4.69, 9.17) is 10.8 Å². The normalized spacial score (nSPS) is 18.2. The van der Waals surface area contributed by atoms with E-state index in [1.165, 1.54) is 4.90 Å². The maximum atomic E-state index is 12.8. The van der Waals surface area contributed by atoms with Crippen molar-refractivity contribution in [3.63, 3.8) is 0 Å². The maximum absolute atomic E-state index is 12.8. The van der Waals surface area contributed by atoms with E-state index in [2.05, 4.69) is 21.3 Å². The first-order valence-corrected chi connectivity index (χ1v) is 12.1. The van der Waals surface area contributed by atoms with Crippen LogP contribution in [0.15, 0.2) is 0 Å². The van der Waals surface area contributed by atoms with Crippen molar-refractivity contribution in [2.75, 3.05) is 32.9 Å². The number of hydrogen-bond acceptors (Lipinski definition) is 10. The van der Waals surface area contributed by atoms with Crippen molar-refractivity contribution in [1.82, 2.24) is 26.2 Å². The summed E-state index contributed by atoms with van der Waals surface area (Å²) in [6.45, 7) is 0.853. The third-order valence-electron chi connectivity index (χ3n) is 5.78. The van der Waals surface area contributed by atoms with E-state index in [1.807, 2.05) is 0 Å². The molecule has 5 atom stereocenters. The van der Waals surface area contributed by atoms with Crippen LogP contribution in [0.4, 0.5) is 0 Å². The number of carboxylic acids is 1. The smallest absolute Gasteiger partial charge is 0.326 e. The number of nitrogens with zero attached hydrogens (tertiary/aromatic N) is 1. The van der Waals surface area contributed by atoms with E-state index < -0.39 is 92.1 Å². The molecule has 0 unspecified atom stereocenters. The molecule has 38 heavy (non-hydrogen) atoms. The molecule has 1 heterocycles. The predicted molar refractivity (Wildman–Crippen MR) is 130 cm³/mol. The number of hydrogen-bond donors (Lipinski definition) is 9. The third-order valence-corrected chi connectivity index (χ3v) is 5.78. The minimum atomic E-state index is -1.45. The Morgan fingerprint density at radius 1 is 0.868 bits per heavy atom. The largest absolute Gasteiger partial charge is 0.480 e. The molecule has 1 saturated heterocycles. The maximum Gasteiger partial charge on any atom is 0.326 e. The summed E-state index contributed by atoms with van der Waals surface area (Å²) < 4.78 is 0. The van der Waals surface area contributed by atoms with Crippen LogP contribution in [0.1, 0.15) is 33.1 Å². The van der Waals surface area contributed by atoms with Crippen molar-refractivity contribution < 1.29 is 49.2 Å². The Balaban J connectivity index is 2.73. The molecule has 0 aliphatic carbocycles. The van der Waals surface area contributed by atoms with Crippen LogP contribution in [0.25, 0.3) is 0 Å². The minimum Gasteiger partial charge on any atom is -0.480 e. The Morgan fingerprint density at radius 2 is 1.45 bits per heavy atom. The van der Waals surface area contributed by atoms with E-state index in [0.717, 1.165) is 0 Å². The van der Waals surface area contributed by atoms with E-state index in [0.29, 0.717) is 6.42 Å². The zero-order valence-corrected chi connectivity index (χ0v) is 21.4.